The van der Waals surface area contributed by atoms with Crippen molar-refractivity contribution in [2.24, 2.45) is 0 Å². The van der Waals surface area contributed by atoms with Crippen molar-refractivity contribution in [1.82, 2.24) is 0 Å². The van der Waals surface area contributed by atoms with Crippen LogP contribution in [0.5, 0.6) is 0 Å². The molecule has 116 valence electrons. The number of rotatable bonds is 2. The topological polar surface area (TPSA) is 0 Å². The van der Waals surface area contributed by atoms with E-state index in [1.807, 2.05) is 0 Å². The van der Waals surface area contributed by atoms with Crippen molar-refractivity contribution in [3.8, 4) is 22.3 Å². The second kappa shape index (κ2) is 5.98. The zero-order valence-electron chi connectivity index (χ0n) is 14.1. The van der Waals surface area contributed by atoms with Crippen molar-refractivity contribution in [3.05, 3.63) is 96.1 Å². The number of fused-ring (bicyclic) bond motifs is 1. The molecule has 4 aromatic carbocycles. The van der Waals surface area contributed by atoms with Gasteiger partial charge in [-0.25, -0.2) is 0 Å². The van der Waals surface area contributed by atoms with Gasteiger partial charge < -0.3 is 0 Å². The summed E-state index contributed by atoms with van der Waals surface area (Å²) in [5, 5.41) is 2.67. The summed E-state index contributed by atoms with van der Waals surface area (Å²) in [6.07, 6.45) is 0. The summed E-state index contributed by atoms with van der Waals surface area (Å²) in [5.41, 5.74) is 7.86. The van der Waals surface area contributed by atoms with Crippen molar-refractivity contribution >= 4 is 10.8 Å². The van der Waals surface area contributed by atoms with Gasteiger partial charge in [0, 0.05) is 0 Å². The Morgan fingerprint density at radius 3 is 1.67 bits per heavy atom. The van der Waals surface area contributed by atoms with E-state index in [0.29, 0.717) is 0 Å². The Hall–Kier alpha value is -2.86. The lowest BCUT2D eigenvalue weighted by Gasteiger charge is -2.18. The first-order valence-electron chi connectivity index (χ1n) is 8.39. The smallest absolute Gasteiger partial charge is 0.00241 e. The van der Waals surface area contributed by atoms with Crippen molar-refractivity contribution in [3.63, 3.8) is 0 Å². The minimum Gasteiger partial charge on any atom is -0.0622 e. The fourth-order valence-corrected chi connectivity index (χ4v) is 3.59. The molecule has 0 amide bonds. The van der Waals surface area contributed by atoms with Gasteiger partial charge in [-0.15, -0.1) is 0 Å². The average molecular weight is 308 g/mol. The second-order valence-electron chi connectivity index (χ2n) is 6.35. The third kappa shape index (κ3) is 2.41. The molecule has 0 fully saturated rings. The SMILES string of the molecule is Cc1cc2c(C)cccc2c(-c2ccccc2)c1-c1ccccc1. The highest BCUT2D eigenvalue weighted by molar-refractivity contribution is 6.06. The Kier molecular flexibility index (Phi) is 3.66. The van der Waals surface area contributed by atoms with Crippen LogP contribution in [0.25, 0.3) is 33.0 Å². The van der Waals surface area contributed by atoms with E-state index in [2.05, 4.69) is 98.8 Å². The normalized spacial score (nSPS) is 10.9. The summed E-state index contributed by atoms with van der Waals surface area (Å²) >= 11 is 0. The zero-order valence-corrected chi connectivity index (χ0v) is 14.1. The van der Waals surface area contributed by atoms with Crippen LogP contribution in [0, 0.1) is 13.8 Å². The Morgan fingerprint density at radius 1 is 0.458 bits per heavy atom. The summed E-state index contributed by atoms with van der Waals surface area (Å²) in [5.74, 6) is 0. The Morgan fingerprint density at radius 2 is 1.04 bits per heavy atom. The Bertz CT molecular complexity index is 996. The third-order valence-electron chi connectivity index (χ3n) is 4.72. The van der Waals surface area contributed by atoms with Gasteiger partial charge in [0.05, 0.1) is 0 Å². The van der Waals surface area contributed by atoms with Gasteiger partial charge in [0.2, 0.25) is 0 Å². The van der Waals surface area contributed by atoms with Gasteiger partial charge in [-0.2, -0.15) is 0 Å². The van der Waals surface area contributed by atoms with Crippen LogP contribution < -0.4 is 0 Å². The van der Waals surface area contributed by atoms with Crippen LogP contribution in [-0.2, 0) is 0 Å². The Balaban J connectivity index is 2.18. The van der Waals surface area contributed by atoms with E-state index in [1.54, 1.807) is 0 Å². The minimum absolute atomic E-state index is 1.27. The molecule has 0 aliphatic heterocycles. The zero-order chi connectivity index (χ0) is 16.5. The average Bonchev–Trinajstić information content (AvgIpc) is 2.63. The monoisotopic (exact) mass is 308 g/mol. The maximum absolute atomic E-state index is 2.33. The first kappa shape index (κ1) is 14.7. The van der Waals surface area contributed by atoms with Crippen LogP contribution in [0.3, 0.4) is 0 Å². The number of aryl methyl sites for hydroxylation is 2. The number of benzene rings is 4. The fourth-order valence-electron chi connectivity index (χ4n) is 3.59. The molecule has 4 rings (SSSR count). The molecule has 0 saturated carbocycles. The summed E-state index contributed by atoms with van der Waals surface area (Å²) < 4.78 is 0. The van der Waals surface area contributed by atoms with Gasteiger partial charge in [0.1, 0.15) is 0 Å². The van der Waals surface area contributed by atoms with Gasteiger partial charge in [0.25, 0.3) is 0 Å². The van der Waals surface area contributed by atoms with Crippen LogP contribution in [-0.4, -0.2) is 0 Å². The van der Waals surface area contributed by atoms with Crippen LogP contribution in [0.1, 0.15) is 11.1 Å². The quantitative estimate of drug-likeness (QED) is 0.382. The highest BCUT2D eigenvalue weighted by Gasteiger charge is 2.15. The van der Waals surface area contributed by atoms with E-state index in [9.17, 15) is 0 Å². The van der Waals surface area contributed by atoms with E-state index < -0.39 is 0 Å². The molecule has 0 saturated heterocycles. The van der Waals surface area contributed by atoms with Crippen LogP contribution in [0.2, 0.25) is 0 Å². The fraction of sp³-hybridized carbons (Fsp3) is 0.0833. The summed E-state index contributed by atoms with van der Waals surface area (Å²) in [6, 6.07) is 30.4. The van der Waals surface area contributed by atoms with E-state index in [-0.39, 0.29) is 0 Å². The lowest BCUT2D eigenvalue weighted by atomic mass is 9.86. The molecule has 0 atom stereocenters. The van der Waals surface area contributed by atoms with E-state index in [1.165, 1.54) is 44.2 Å². The molecular formula is C24H20. The molecule has 0 heterocycles. The largest absolute Gasteiger partial charge is 0.0622 e. The molecular weight excluding hydrogens is 288 g/mol. The predicted molar refractivity (Wildman–Crippen MR) is 104 cm³/mol. The molecule has 4 aromatic rings. The highest BCUT2D eigenvalue weighted by atomic mass is 14.2. The maximum Gasteiger partial charge on any atom is -0.00241 e. The van der Waals surface area contributed by atoms with Gasteiger partial charge in [-0.05, 0) is 58.0 Å². The molecule has 0 heteroatoms. The predicted octanol–water partition coefficient (Wildman–Crippen LogP) is 6.79. The number of hydrogen-bond acceptors (Lipinski definition) is 0. The van der Waals surface area contributed by atoms with E-state index in [0.717, 1.165) is 0 Å². The van der Waals surface area contributed by atoms with Crippen molar-refractivity contribution in [2.75, 3.05) is 0 Å². The number of hydrogen-bond donors (Lipinski definition) is 0. The second-order valence-corrected chi connectivity index (χ2v) is 6.35. The van der Waals surface area contributed by atoms with E-state index in [4.69, 9.17) is 0 Å². The van der Waals surface area contributed by atoms with E-state index >= 15 is 0 Å². The minimum atomic E-state index is 1.27. The molecule has 0 radical (unpaired) electrons. The van der Waals surface area contributed by atoms with Gasteiger partial charge >= 0.3 is 0 Å². The van der Waals surface area contributed by atoms with Gasteiger partial charge in [0.15, 0.2) is 0 Å². The van der Waals surface area contributed by atoms with Crippen LogP contribution >= 0.6 is 0 Å². The first-order chi connectivity index (χ1) is 11.8. The molecule has 0 nitrogen and oxygen atoms in total. The first-order valence-corrected chi connectivity index (χ1v) is 8.39. The molecule has 0 N–H and O–H groups in total. The van der Waals surface area contributed by atoms with Crippen molar-refractivity contribution in [2.45, 2.75) is 13.8 Å². The van der Waals surface area contributed by atoms with Crippen molar-refractivity contribution < 1.29 is 0 Å². The van der Waals surface area contributed by atoms with Crippen molar-refractivity contribution in [1.29, 1.82) is 0 Å². The summed E-state index contributed by atoms with van der Waals surface area (Å²) in [7, 11) is 0. The lowest BCUT2D eigenvalue weighted by molar-refractivity contribution is 1.45. The van der Waals surface area contributed by atoms with Crippen LogP contribution in [0.4, 0.5) is 0 Å². The molecule has 0 unspecified atom stereocenters. The molecule has 0 bridgehead atoms. The third-order valence-corrected chi connectivity index (χ3v) is 4.72. The molecule has 0 aliphatic carbocycles. The van der Waals surface area contributed by atoms with Gasteiger partial charge in [-0.3, -0.25) is 0 Å². The molecule has 0 aliphatic rings. The molecule has 0 aromatic heterocycles. The lowest BCUT2D eigenvalue weighted by Crippen LogP contribution is -1.93. The summed E-state index contributed by atoms with van der Waals surface area (Å²) in [6.45, 7) is 4.42. The molecule has 24 heavy (non-hydrogen) atoms. The highest BCUT2D eigenvalue weighted by Crippen LogP contribution is 2.41. The molecule has 0 spiro atoms. The Labute approximate surface area is 143 Å². The maximum atomic E-state index is 2.33. The summed E-state index contributed by atoms with van der Waals surface area (Å²) in [4.78, 5) is 0. The van der Waals surface area contributed by atoms with Gasteiger partial charge in [-0.1, -0.05) is 84.9 Å². The van der Waals surface area contributed by atoms with Crippen LogP contribution in [0.15, 0.2) is 84.9 Å². The standard InChI is InChI=1S/C24H20/c1-17-10-9-15-21-22(17)16-18(2)23(19-11-5-3-6-12-19)24(21)20-13-7-4-8-14-20/h3-16H,1-2H3.